The third kappa shape index (κ3) is 3.37. The number of urea groups is 1. The molecule has 1 aromatic carbocycles. The molecule has 1 N–H and O–H groups in total. The van der Waals surface area contributed by atoms with Gasteiger partial charge in [-0.1, -0.05) is 17.7 Å². The van der Waals surface area contributed by atoms with E-state index in [1.165, 1.54) is 0 Å². The van der Waals surface area contributed by atoms with Crippen LogP contribution in [0.25, 0.3) is 0 Å². The molecule has 0 saturated carbocycles. The number of hydrogen-bond donors (Lipinski definition) is 1. The van der Waals surface area contributed by atoms with Gasteiger partial charge in [0.15, 0.2) is 0 Å². The third-order valence-electron chi connectivity index (χ3n) is 2.78. The van der Waals surface area contributed by atoms with E-state index in [2.05, 4.69) is 5.32 Å². The molecular weight excluding hydrogens is 252 g/mol. The lowest BCUT2D eigenvalue weighted by Crippen LogP contribution is -2.49. The first kappa shape index (κ1) is 13.2. The molecule has 0 spiro atoms. The van der Waals surface area contributed by atoms with Crippen LogP contribution in [0.2, 0.25) is 5.02 Å². The summed E-state index contributed by atoms with van der Waals surface area (Å²) in [6.07, 6.45) is 0.137. The highest BCUT2D eigenvalue weighted by Crippen LogP contribution is 2.17. The number of carbonyl (C=O) groups is 1. The molecule has 1 heterocycles. The Labute approximate surface area is 112 Å². The Hall–Kier alpha value is -1.26. The van der Waals surface area contributed by atoms with Crippen molar-refractivity contribution in [3.63, 3.8) is 0 Å². The smallest absolute Gasteiger partial charge is 0.322 e. The van der Waals surface area contributed by atoms with Crippen LogP contribution in [0.1, 0.15) is 13.8 Å². The molecule has 1 aliphatic heterocycles. The Bertz CT molecular complexity index is 429. The largest absolute Gasteiger partial charge is 0.372 e. The molecule has 4 nitrogen and oxygen atoms in total. The number of ether oxygens (including phenoxy) is 1. The normalized spacial score (nSPS) is 23.8. The van der Waals surface area contributed by atoms with Gasteiger partial charge in [0.25, 0.3) is 0 Å². The van der Waals surface area contributed by atoms with Gasteiger partial charge in [0.1, 0.15) is 0 Å². The summed E-state index contributed by atoms with van der Waals surface area (Å²) < 4.78 is 5.59. The van der Waals surface area contributed by atoms with Crippen molar-refractivity contribution < 1.29 is 9.53 Å². The van der Waals surface area contributed by atoms with E-state index in [4.69, 9.17) is 16.3 Å². The van der Waals surface area contributed by atoms with Crippen molar-refractivity contribution in [2.75, 3.05) is 18.4 Å². The molecule has 2 amide bonds. The molecule has 98 valence electrons. The Morgan fingerprint density at radius 3 is 2.67 bits per heavy atom. The van der Waals surface area contributed by atoms with Crippen LogP contribution in [0.3, 0.4) is 0 Å². The van der Waals surface area contributed by atoms with Crippen molar-refractivity contribution >= 4 is 23.3 Å². The van der Waals surface area contributed by atoms with Crippen LogP contribution < -0.4 is 5.32 Å². The first-order chi connectivity index (χ1) is 8.54. The van der Waals surface area contributed by atoms with Crippen molar-refractivity contribution in [2.45, 2.75) is 26.1 Å². The Balaban J connectivity index is 1.99. The van der Waals surface area contributed by atoms with E-state index >= 15 is 0 Å². The summed E-state index contributed by atoms with van der Waals surface area (Å²) in [4.78, 5) is 13.8. The SMILES string of the molecule is CC1CN(C(=O)Nc2cccc(Cl)c2)CC(C)O1. The minimum absolute atomic E-state index is 0.0684. The minimum atomic E-state index is -0.112. The number of rotatable bonds is 1. The number of amides is 2. The Morgan fingerprint density at radius 2 is 2.06 bits per heavy atom. The zero-order chi connectivity index (χ0) is 13.1. The number of benzene rings is 1. The second kappa shape index (κ2) is 5.59. The van der Waals surface area contributed by atoms with Gasteiger partial charge in [-0.05, 0) is 32.0 Å². The van der Waals surface area contributed by atoms with Gasteiger partial charge in [0.05, 0.1) is 12.2 Å². The lowest BCUT2D eigenvalue weighted by atomic mass is 10.2. The summed E-state index contributed by atoms with van der Waals surface area (Å²) in [6.45, 7) is 5.15. The lowest BCUT2D eigenvalue weighted by molar-refractivity contribution is -0.0530. The third-order valence-corrected chi connectivity index (χ3v) is 3.02. The second-order valence-electron chi connectivity index (χ2n) is 4.60. The fraction of sp³-hybridized carbons (Fsp3) is 0.462. The van der Waals surface area contributed by atoms with Crippen LogP contribution >= 0.6 is 11.6 Å². The van der Waals surface area contributed by atoms with Crippen LogP contribution in [-0.2, 0) is 4.74 Å². The fourth-order valence-electron chi connectivity index (χ4n) is 2.11. The summed E-state index contributed by atoms with van der Waals surface area (Å²) in [5.74, 6) is 0. The number of carbonyl (C=O) groups excluding carboxylic acids is 1. The molecular formula is C13H17ClN2O2. The highest BCUT2D eigenvalue weighted by molar-refractivity contribution is 6.30. The predicted octanol–water partition coefficient (Wildman–Crippen LogP) is 2.98. The summed E-state index contributed by atoms with van der Waals surface area (Å²) in [6, 6.07) is 7.02. The van der Waals surface area contributed by atoms with Crippen LogP contribution in [0, 0.1) is 0 Å². The van der Waals surface area contributed by atoms with E-state index in [0.717, 1.165) is 0 Å². The molecule has 0 aromatic heterocycles. The molecule has 18 heavy (non-hydrogen) atoms. The average Bonchev–Trinajstić information content (AvgIpc) is 2.27. The zero-order valence-electron chi connectivity index (χ0n) is 10.5. The lowest BCUT2D eigenvalue weighted by Gasteiger charge is -2.35. The molecule has 1 saturated heterocycles. The van der Waals surface area contributed by atoms with E-state index < -0.39 is 0 Å². The minimum Gasteiger partial charge on any atom is -0.372 e. The molecule has 0 bridgehead atoms. The molecule has 0 radical (unpaired) electrons. The summed E-state index contributed by atoms with van der Waals surface area (Å²) >= 11 is 5.88. The monoisotopic (exact) mass is 268 g/mol. The van der Waals surface area contributed by atoms with Crippen molar-refractivity contribution in [1.29, 1.82) is 0 Å². The maximum Gasteiger partial charge on any atom is 0.322 e. The van der Waals surface area contributed by atoms with Crippen LogP contribution in [-0.4, -0.2) is 36.2 Å². The van der Waals surface area contributed by atoms with Crippen molar-refractivity contribution in [3.8, 4) is 0 Å². The molecule has 1 aromatic rings. The standard InChI is InChI=1S/C13H17ClN2O2/c1-9-7-16(8-10(2)18-9)13(17)15-12-5-3-4-11(14)6-12/h3-6,9-10H,7-8H2,1-2H3,(H,15,17). The molecule has 2 unspecified atom stereocenters. The number of nitrogens with zero attached hydrogens (tertiary/aromatic N) is 1. The average molecular weight is 269 g/mol. The van der Waals surface area contributed by atoms with Gasteiger partial charge < -0.3 is 15.0 Å². The predicted molar refractivity (Wildman–Crippen MR) is 72.1 cm³/mol. The van der Waals surface area contributed by atoms with Crippen molar-refractivity contribution in [1.82, 2.24) is 4.90 Å². The highest BCUT2D eigenvalue weighted by Gasteiger charge is 2.25. The van der Waals surface area contributed by atoms with E-state index in [1.54, 1.807) is 17.0 Å². The summed E-state index contributed by atoms with van der Waals surface area (Å²) in [5.41, 5.74) is 0.708. The van der Waals surface area contributed by atoms with E-state index in [-0.39, 0.29) is 18.2 Å². The number of halogens is 1. The van der Waals surface area contributed by atoms with Gasteiger partial charge in [-0.3, -0.25) is 0 Å². The van der Waals surface area contributed by atoms with Crippen LogP contribution in [0.5, 0.6) is 0 Å². The second-order valence-corrected chi connectivity index (χ2v) is 5.04. The first-order valence-corrected chi connectivity index (χ1v) is 6.39. The van der Waals surface area contributed by atoms with Gasteiger partial charge in [-0.25, -0.2) is 4.79 Å². The first-order valence-electron chi connectivity index (χ1n) is 6.01. The Morgan fingerprint density at radius 1 is 1.39 bits per heavy atom. The van der Waals surface area contributed by atoms with Gasteiger partial charge in [0.2, 0.25) is 0 Å². The van der Waals surface area contributed by atoms with Gasteiger partial charge in [-0.15, -0.1) is 0 Å². The van der Waals surface area contributed by atoms with Crippen LogP contribution in [0.4, 0.5) is 10.5 Å². The number of nitrogens with one attached hydrogen (secondary N) is 1. The highest BCUT2D eigenvalue weighted by atomic mass is 35.5. The molecule has 2 atom stereocenters. The van der Waals surface area contributed by atoms with E-state index in [0.29, 0.717) is 23.8 Å². The van der Waals surface area contributed by atoms with Gasteiger partial charge in [-0.2, -0.15) is 0 Å². The molecule has 2 rings (SSSR count). The molecule has 1 aliphatic rings. The van der Waals surface area contributed by atoms with Gasteiger partial charge >= 0.3 is 6.03 Å². The maximum atomic E-state index is 12.1. The molecule has 1 fully saturated rings. The summed E-state index contributed by atoms with van der Waals surface area (Å²) in [7, 11) is 0. The van der Waals surface area contributed by atoms with E-state index in [1.807, 2.05) is 26.0 Å². The number of morpholine rings is 1. The van der Waals surface area contributed by atoms with E-state index in [9.17, 15) is 4.79 Å². The number of hydrogen-bond acceptors (Lipinski definition) is 2. The van der Waals surface area contributed by atoms with Gasteiger partial charge in [0, 0.05) is 23.8 Å². The van der Waals surface area contributed by atoms with Crippen molar-refractivity contribution in [2.24, 2.45) is 0 Å². The van der Waals surface area contributed by atoms with Crippen LogP contribution in [0.15, 0.2) is 24.3 Å². The summed E-state index contributed by atoms with van der Waals surface area (Å²) in [5, 5.41) is 3.45. The van der Waals surface area contributed by atoms with Crippen molar-refractivity contribution in [3.05, 3.63) is 29.3 Å². The fourth-order valence-corrected chi connectivity index (χ4v) is 2.30. The zero-order valence-corrected chi connectivity index (χ0v) is 11.3. The topological polar surface area (TPSA) is 41.6 Å². The quantitative estimate of drug-likeness (QED) is 0.851. The maximum absolute atomic E-state index is 12.1. The number of anilines is 1. The molecule has 0 aliphatic carbocycles. The molecule has 5 heteroatoms. The Kier molecular flexibility index (Phi) is 4.09.